The van der Waals surface area contributed by atoms with Crippen LogP contribution in [-0.2, 0) is 9.53 Å². The van der Waals surface area contributed by atoms with Gasteiger partial charge in [-0.25, -0.2) is 4.79 Å². The van der Waals surface area contributed by atoms with Crippen molar-refractivity contribution in [1.29, 1.82) is 0 Å². The fourth-order valence-corrected chi connectivity index (χ4v) is 1.11. The van der Waals surface area contributed by atoms with Gasteiger partial charge in [-0.1, -0.05) is 0 Å². The number of hydrogen-bond acceptors (Lipinski definition) is 5. The van der Waals surface area contributed by atoms with E-state index in [-0.39, 0.29) is 5.17 Å². The van der Waals surface area contributed by atoms with E-state index in [1.807, 2.05) is 6.26 Å². The predicted molar refractivity (Wildman–Crippen MR) is 53.9 cm³/mol. The number of carbonyl (C=O) groups excluding carboxylic acids is 1. The van der Waals surface area contributed by atoms with Crippen molar-refractivity contribution < 1.29 is 9.53 Å². The summed E-state index contributed by atoms with van der Waals surface area (Å²) in [5, 5.41) is -0.278. The Morgan fingerprint density at radius 3 is 2.75 bits per heavy atom. The third-order valence-corrected chi connectivity index (χ3v) is 1.86. The second-order valence-electron chi connectivity index (χ2n) is 2.13. The van der Waals surface area contributed by atoms with Gasteiger partial charge in [-0.3, -0.25) is 0 Å². The highest BCUT2D eigenvalue weighted by Crippen LogP contribution is 1.99. The first-order valence-corrected chi connectivity index (χ1v) is 5.13. The molecule has 70 valence electrons. The summed E-state index contributed by atoms with van der Waals surface area (Å²) in [6.07, 6.45) is 2.51. The van der Waals surface area contributed by atoms with Crippen LogP contribution in [0, 0.1) is 0 Å². The Hall–Kier alpha value is -0.330. The molecule has 0 saturated carbocycles. The summed E-state index contributed by atoms with van der Waals surface area (Å²) in [5.74, 6) is 0.254. The van der Waals surface area contributed by atoms with Gasteiger partial charge < -0.3 is 16.2 Å². The molecule has 0 aliphatic carbocycles. The molecule has 12 heavy (non-hydrogen) atoms. The van der Waals surface area contributed by atoms with E-state index in [4.69, 9.17) is 11.5 Å². The first kappa shape index (κ1) is 11.7. The zero-order valence-electron chi connectivity index (χ0n) is 6.78. The molecule has 0 aromatic heterocycles. The molecule has 6 heteroatoms. The van der Waals surface area contributed by atoms with Crippen LogP contribution in [0.1, 0.15) is 6.42 Å². The highest BCUT2D eigenvalue weighted by Gasteiger charge is 2.15. The third kappa shape index (κ3) is 5.34. The van der Waals surface area contributed by atoms with Gasteiger partial charge in [0.25, 0.3) is 5.17 Å². The summed E-state index contributed by atoms with van der Waals surface area (Å²) in [6, 6.07) is -0.626. The molecule has 0 radical (unpaired) electrons. The Morgan fingerprint density at radius 2 is 2.33 bits per heavy atom. The van der Waals surface area contributed by atoms with E-state index < -0.39 is 12.0 Å². The van der Waals surface area contributed by atoms with Gasteiger partial charge in [0.15, 0.2) is 0 Å². The van der Waals surface area contributed by atoms with E-state index in [1.165, 1.54) is 0 Å². The standard InChI is InChI=1S/C6H12N2O2S2/c1-12-3-2-4(7)5(9)10-6(8)11/h4H,2-3,7H2,1H3,(H2,8,11)/t4-/m0/s1. The number of hydrogen-bond donors (Lipinski definition) is 2. The molecule has 0 fully saturated rings. The highest BCUT2D eigenvalue weighted by atomic mass is 32.2. The minimum Gasteiger partial charge on any atom is -0.398 e. The number of thiocarbonyl (C=S) groups is 1. The predicted octanol–water partition coefficient (Wildman–Crippen LogP) is -0.146. The lowest BCUT2D eigenvalue weighted by atomic mass is 10.2. The minimum absolute atomic E-state index is 0.278. The number of ether oxygens (including phenoxy) is 1. The molecule has 0 aromatic carbocycles. The van der Waals surface area contributed by atoms with E-state index >= 15 is 0 Å². The Morgan fingerprint density at radius 1 is 1.75 bits per heavy atom. The molecular weight excluding hydrogens is 196 g/mol. The number of rotatable bonds is 4. The van der Waals surface area contributed by atoms with Gasteiger partial charge in [-0.2, -0.15) is 11.8 Å². The minimum atomic E-state index is -0.626. The molecule has 0 saturated heterocycles. The quantitative estimate of drug-likeness (QED) is 0.494. The molecule has 0 aliphatic rings. The maximum absolute atomic E-state index is 10.9. The van der Waals surface area contributed by atoms with Gasteiger partial charge in [0, 0.05) is 0 Å². The monoisotopic (exact) mass is 208 g/mol. The second-order valence-corrected chi connectivity index (χ2v) is 3.52. The molecule has 1 atom stereocenters. The van der Waals surface area contributed by atoms with Gasteiger partial charge in [0.05, 0.1) is 0 Å². The van der Waals surface area contributed by atoms with Crippen LogP contribution in [0.15, 0.2) is 0 Å². The van der Waals surface area contributed by atoms with E-state index in [0.29, 0.717) is 6.42 Å². The van der Waals surface area contributed by atoms with Crippen LogP contribution in [0.25, 0.3) is 0 Å². The number of esters is 1. The van der Waals surface area contributed by atoms with Crippen LogP contribution in [0.3, 0.4) is 0 Å². The van der Waals surface area contributed by atoms with Crippen LogP contribution < -0.4 is 11.5 Å². The molecule has 0 unspecified atom stereocenters. The fraction of sp³-hybridized carbons (Fsp3) is 0.667. The second kappa shape index (κ2) is 6.22. The van der Waals surface area contributed by atoms with Gasteiger partial charge in [0.1, 0.15) is 6.04 Å². The summed E-state index contributed by atoms with van der Waals surface area (Å²) in [5.41, 5.74) is 10.4. The van der Waals surface area contributed by atoms with Crippen molar-refractivity contribution in [1.82, 2.24) is 0 Å². The molecule has 0 rings (SSSR count). The lowest BCUT2D eigenvalue weighted by molar-refractivity contribution is -0.136. The van der Waals surface area contributed by atoms with E-state index in [1.54, 1.807) is 11.8 Å². The van der Waals surface area contributed by atoms with Crippen LogP contribution in [0.5, 0.6) is 0 Å². The average molecular weight is 208 g/mol. The van der Waals surface area contributed by atoms with Crippen LogP contribution >= 0.6 is 24.0 Å². The van der Waals surface area contributed by atoms with Gasteiger partial charge in [0.2, 0.25) is 0 Å². The van der Waals surface area contributed by atoms with Crippen molar-refractivity contribution in [2.24, 2.45) is 11.5 Å². The lowest BCUT2D eigenvalue weighted by Gasteiger charge is -2.08. The summed E-state index contributed by atoms with van der Waals surface area (Å²) in [7, 11) is 0. The Bertz CT molecular complexity index is 175. The summed E-state index contributed by atoms with van der Waals surface area (Å²) in [4.78, 5) is 10.9. The molecule has 4 N–H and O–H groups in total. The van der Waals surface area contributed by atoms with Crippen molar-refractivity contribution in [3.05, 3.63) is 0 Å². The van der Waals surface area contributed by atoms with Gasteiger partial charge in [-0.05, 0) is 30.6 Å². The van der Waals surface area contributed by atoms with Crippen molar-refractivity contribution >= 4 is 35.1 Å². The van der Waals surface area contributed by atoms with Gasteiger partial charge in [-0.15, -0.1) is 0 Å². The zero-order chi connectivity index (χ0) is 9.56. The summed E-state index contributed by atoms with van der Waals surface area (Å²) < 4.78 is 4.45. The number of carbonyl (C=O) groups is 1. The van der Waals surface area contributed by atoms with Crippen molar-refractivity contribution in [3.63, 3.8) is 0 Å². The molecule has 0 aromatic rings. The lowest BCUT2D eigenvalue weighted by Crippen LogP contribution is -2.35. The third-order valence-electron chi connectivity index (χ3n) is 1.14. The van der Waals surface area contributed by atoms with E-state index in [9.17, 15) is 4.79 Å². The van der Waals surface area contributed by atoms with Crippen molar-refractivity contribution in [2.75, 3.05) is 12.0 Å². The summed E-state index contributed by atoms with van der Waals surface area (Å²) in [6.45, 7) is 0. The van der Waals surface area contributed by atoms with E-state index in [0.717, 1.165) is 5.75 Å². The SMILES string of the molecule is CSCC[C@H](N)C(=O)OC(N)=S. The normalized spacial score (nSPS) is 12.2. The molecule has 0 amide bonds. The number of thioether (sulfide) groups is 1. The zero-order valence-corrected chi connectivity index (χ0v) is 8.41. The van der Waals surface area contributed by atoms with Crippen LogP contribution in [0.2, 0.25) is 0 Å². The fourth-order valence-electron chi connectivity index (χ4n) is 0.538. The Labute approximate surface area is 81.0 Å². The van der Waals surface area contributed by atoms with Crippen molar-refractivity contribution in [3.8, 4) is 0 Å². The van der Waals surface area contributed by atoms with Crippen LogP contribution in [-0.4, -0.2) is 29.2 Å². The van der Waals surface area contributed by atoms with E-state index in [2.05, 4.69) is 17.0 Å². The molecule has 4 nitrogen and oxygen atoms in total. The maximum atomic E-state index is 10.9. The number of nitrogens with two attached hydrogens (primary N) is 2. The smallest absolute Gasteiger partial charge is 0.330 e. The molecular formula is C6H12N2O2S2. The largest absolute Gasteiger partial charge is 0.398 e. The summed E-state index contributed by atoms with van der Waals surface area (Å²) >= 11 is 5.99. The molecule has 0 spiro atoms. The van der Waals surface area contributed by atoms with Crippen LogP contribution in [0.4, 0.5) is 0 Å². The van der Waals surface area contributed by atoms with Gasteiger partial charge >= 0.3 is 5.97 Å². The Balaban J connectivity index is 3.69. The molecule has 0 aliphatic heterocycles. The highest BCUT2D eigenvalue weighted by molar-refractivity contribution is 7.98. The average Bonchev–Trinajstić information content (AvgIpc) is 1.98. The maximum Gasteiger partial charge on any atom is 0.330 e. The first-order valence-electron chi connectivity index (χ1n) is 3.33. The van der Waals surface area contributed by atoms with Crippen molar-refractivity contribution in [2.45, 2.75) is 12.5 Å². The topological polar surface area (TPSA) is 78.3 Å². The molecule has 0 bridgehead atoms. The Kier molecular flexibility index (Phi) is 6.04. The molecule has 0 heterocycles. The first-order chi connectivity index (χ1) is 5.57.